The van der Waals surface area contributed by atoms with Crippen LogP contribution >= 0.6 is 23.4 Å². The Morgan fingerprint density at radius 1 is 1.41 bits per heavy atom. The van der Waals surface area contributed by atoms with Crippen LogP contribution in [0.25, 0.3) is 10.9 Å². The van der Waals surface area contributed by atoms with Crippen molar-refractivity contribution < 1.29 is 9.90 Å². The zero-order chi connectivity index (χ0) is 21.0. The highest BCUT2D eigenvalue weighted by molar-refractivity contribution is 7.98. The molecule has 0 saturated carbocycles. The first-order valence-corrected chi connectivity index (χ1v) is 11.5. The van der Waals surface area contributed by atoms with Crippen LogP contribution in [0.1, 0.15) is 46.5 Å². The van der Waals surface area contributed by atoms with Gasteiger partial charge in [-0.3, -0.25) is 9.88 Å². The average Bonchev–Trinajstić information content (AvgIpc) is 2.90. The third-order valence-electron chi connectivity index (χ3n) is 6.66. The molecule has 0 radical (unpaired) electrons. The highest BCUT2D eigenvalue weighted by Gasteiger charge is 2.59. The number of nitrogens with zero attached hydrogens (tertiary/aromatic N) is 3. The summed E-state index contributed by atoms with van der Waals surface area (Å²) in [6.07, 6.45) is 6.39. The predicted molar refractivity (Wildman–Crippen MR) is 118 cm³/mol. The molecule has 0 aromatic carbocycles. The van der Waals surface area contributed by atoms with Crippen LogP contribution in [-0.2, 0) is 0 Å². The molecule has 2 bridgehead atoms. The maximum atomic E-state index is 12.1. The number of rotatable bonds is 3. The molecule has 4 rings (SSSR count). The maximum Gasteiger partial charge on any atom is 0.408 e. The highest BCUT2D eigenvalue weighted by Crippen LogP contribution is 2.53. The summed E-state index contributed by atoms with van der Waals surface area (Å²) in [6, 6.07) is 4.02. The molecule has 3 atom stereocenters. The molecule has 2 N–H and O–H groups in total. The lowest BCUT2D eigenvalue weighted by molar-refractivity contribution is -0.0175. The van der Waals surface area contributed by atoms with Gasteiger partial charge < -0.3 is 10.4 Å². The van der Waals surface area contributed by atoms with Gasteiger partial charge in [0, 0.05) is 34.6 Å². The summed E-state index contributed by atoms with van der Waals surface area (Å²) >= 11 is 7.90. The second-order valence-electron chi connectivity index (χ2n) is 9.14. The minimum absolute atomic E-state index is 0.0308. The van der Waals surface area contributed by atoms with Crippen molar-refractivity contribution in [3.8, 4) is 0 Å². The van der Waals surface area contributed by atoms with E-state index < -0.39 is 6.09 Å². The Kier molecular flexibility index (Phi) is 5.10. The van der Waals surface area contributed by atoms with Crippen molar-refractivity contribution in [2.45, 2.75) is 69.0 Å². The van der Waals surface area contributed by atoms with E-state index in [-0.39, 0.29) is 23.0 Å². The molecule has 0 unspecified atom stereocenters. The number of fused-ring (bicyclic) bond motifs is 3. The number of nitrogens with one attached hydrogen (secondary N) is 1. The number of anilines is 1. The SMILES string of the molecule is CSc1cnc2cc(Cl)nc(N[C@H]3C[C@@H]4CC[C@](C(C)(C)C)(C3)N4C(=O)O)c2c1. The maximum absolute atomic E-state index is 12.1. The van der Waals surface area contributed by atoms with E-state index in [0.29, 0.717) is 5.15 Å². The van der Waals surface area contributed by atoms with Crippen molar-refractivity contribution in [1.29, 1.82) is 0 Å². The molecule has 156 valence electrons. The van der Waals surface area contributed by atoms with Gasteiger partial charge in [-0.1, -0.05) is 32.4 Å². The van der Waals surface area contributed by atoms with E-state index >= 15 is 0 Å². The minimum atomic E-state index is -0.805. The average molecular weight is 435 g/mol. The van der Waals surface area contributed by atoms with Gasteiger partial charge in [0.1, 0.15) is 11.0 Å². The summed E-state index contributed by atoms with van der Waals surface area (Å²) in [6.45, 7) is 6.44. The molecular formula is C21H27ClN4O2S. The topological polar surface area (TPSA) is 78.4 Å². The molecule has 0 spiro atoms. The van der Waals surface area contributed by atoms with Crippen molar-refractivity contribution >= 4 is 46.2 Å². The molecule has 2 fully saturated rings. The van der Waals surface area contributed by atoms with Crippen LogP contribution in [0.4, 0.5) is 10.6 Å². The van der Waals surface area contributed by atoms with E-state index in [0.717, 1.165) is 47.3 Å². The van der Waals surface area contributed by atoms with Crippen molar-refractivity contribution in [3.63, 3.8) is 0 Å². The number of piperidine rings is 1. The summed E-state index contributed by atoms with van der Waals surface area (Å²) in [5.41, 5.74) is 0.274. The number of carbonyl (C=O) groups is 1. The van der Waals surface area contributed by atoms with Crippen LogP contribution in [0.15, 0.2) is 23.2 Å². The van der Waals surface area contributed by atoms with E-state index in [1.165, 1.54) is 0 Å². The second kappa shape index (κ2) is 7.20. The first-order valence-electron chi connectivity index (χ1n) is 9.94. The van der Waals surface area contributed by atoms with Crippen LogP contribution in [0.5, 0.6) is 0 Å². The summed E-state index contributed by atoms with van der Waals surface area (Å²) in [4.78, 5) is 24.0. The largest absolute Gasteiger partial charge is 0.465 e. The van der Waals surface area contributed by atoms with Crippen molar-refractivity contribution in [2.24, 2.45) is 5.41 Å². The van der Waals surface area contributed by atoms with Crippen LogP contribution < -0.4 is 5.32 Å². The monoisotopic (exact) mass is 434 g/mol. The third kappa shape index (κ3) is 3.42. The van der Waals surface area contributed by atoms with Gasteiger partial charge >= 0.3 is 6.09 Å². The summed E-state index contributed by atoms with van der Waals surface area (Å²) < 4.78 is 0. The standard InChI is InChI=1S/C21H27ClN4O2S/c1-20(2,3)21-6-5-13(26(21)19(27)28)7-12(10-21)24-18-15-8-14(29-4)11-23-16(15)9-17(22)25-18/h8-9,11-13H,5-7,10H2,1-4H3,(H,24,25)(H,27,28)/t12-,13-,21+/m0/s1. The van der Waals surface area contributed by atoms with E-state index in [9.17, 15) is 9.90 Å². The number of hydrogen-bond acceptors (Lipinski definition) is 5. The lowest BCUT2D eigenvalue weighted by Crippen LogP contribution is -2.63. The van der Waals surface area contributed by atoms with Crippen LogP contribution in [-0.4, -0.2) is 49.9 Å². The van der Waals surface area contributed by atoms with Crippen LogP contribution in [0, 0.1) is 5.41 Å². The van der Waals surface area contributed by atoms with E-state index in [4.69, 9.17) is 11.6 Å². The molecule has 29 heavy (non-hydrogen) atoms. The van der Waals surface area contributed by atoms with Gasteiger partial charge in [0.25, 0.3) is 0 Å². The molecule has 8 heteroatoms. The molecule has 4 heterocycles. The number of aromatic nitrogens is 2. The molecule has 2 saturated heterocycles. The van der Waals surface area contributed by atoms with E-state index in [1.54, 1.807) is 22.7 Å². The molecule has 6 nitrogen and oxygen atoms in total. The van der Waals surface area contributed by atoms with Gasteiger partial charge in [-0.15, -0.1) is 11.8 Å². The van der Waals surface area contributed by atoms with Gasteiger partial charge in [0.15, 0.2) is 0 Å². The number of thioether (sulfide) groups is 1. The molecule has 0 aliphatic carbocycles. The van der Waals surface area contributed by atoms with E-state index in [2.05, 4.69) is 42.1 Å². The van der Waals surface area contributed by atoms with Crippen LogP contribution in [0.2, 0.25) is 5.15 Å². The number of pyridine rings is 2. The smallest absolute Gasteiger partial charge is 0.408 e. The number of carboxylic acid groups (broad SMARTS) is 1. The molecule has 1 amide bonds. The Balaban J connectivity index is 1.70. The Labute approximate surface area is 180 Å². The lowest BCUT2D eigenvalue weighted by Gasteiger charge is -2.53. The first-order chi connectivity index (χ1) is 13.6. The number of hydrogen-bond donors (Lipinski definition) is 2. The third-order valence-corrected chi connectivity index (χ3v) is 7.55. The molecular weight excluding hydrogens is 408 g/mol. The first kappa shape index (κ1) is 20.5. The van der Waals surface area contributed by atoms with Crippen molar-refractivity contribution in [1.82, 2.24) is 14.9 Å². The van der Waals surface area contributed by atoms with Gasteiger partial charge in [0.2, 0.25) is 0 Å². The molecule has 2 aliphatic rings. The zero-order valence-corrected chi connectivity index (χ0v) is 18.8. The fourth-order valence-corrected chi connectivity index (χ4v) is 5.81. The van der Waals surface area contributed by atoms with Crippen LogP contribution in [0.3, 0.4) is 0 Å². The summed E-state index contributed by atoms with van der Waals surface area (Å²) in [5, 5.41) is 14.9. The second-order valence-corrected chi connectivity index (χ2v) is 10.4. The highest BCUT2D eigenvalue weighted by atomic mass is 35.5. The van der Waals surface area contributed by atoms with Gasteiger partial charge in [-0.25, -0.2) is 9.78 Å². The number of halogens is 1. The Morgan fingerprint density at radius 3 is 2.83 bits per heavy atom. The van der Waals surface area contributed by atoms with Crippen molar-refractivity contribution in [3.05, 3.63) is 23.5 Å². The van der Waals surface area contributed by atoms with Gasteiger partial charge in [0.05, 0.1) is 11.1 Å². The Hall–Kier alpha value is -1.73. The van der Waals surface area contributed by atoms with Crippen molar-refractivity contribution in [2.75, 3.05) is 11.6 Å². The predicted octanol–water partition coefficient (Wildman–Crippen LogP) is 5.51. The fraction of sp³-hybridized carbons (Fsp3) is 0.571. The summed E-state index contributed by atoms with van der Waals surface area (Å²) in [5.74, 6) is 0.730. The van der Waals surface area contributed by atoms with Gasteiger partial charge in [-0.2, -0.15) is 0 Å². The molecule has 2 aromatic rings. The number of amides is 1. The molecule has 2 aliphatic heterocycles. The minimum Gasteiger partial charge on any atom is -0.465 e. The normalized spacial score (nSPS) is 26.7. The molecule has 2 aromatic heterocycles. The zero-order valence-electron chi connectivity index (χ0n) is 17.2. The summed E-state index contributed by atoms with van der Waals surface area (Å²) in [7, 11) is 0. The lowest BCUT2D eigenvalue weighted by atomic mass is 9.67. The quantitative estimate of drug-likeness (QED) is 0.490. The Bertz CT molecular complexity index is 964. The van der Waals surface area contributed by atoms with Gasteiger partial charge in [-0.05, 0) is 43.4 Å². The fourth-order valence-electron chi connectivity index (χ4n) is 5.23. The Morgan fingerprint density at radius 2 is 2.17 bits per heavy atom. The van der Waals surface area contributed by atoms with E-state index in [1.807, 2.05) is 12.5 Å².